The Hall–Kier alpha value is -1.94. The first-order valence-electron chi connectivity index (χ1n) is 41.4. The van der Waals surface area contributed by atoms with Gasteiger partial charge in [-0.2, -0.15) is 0 Å². The minimum Gasteiger partial charge on any atom is -0.462 e. The van der Waals surface area contributed by atoms with Gasteiger partial charge in [-0.25, -0.2) is 9.13 Å². The molecule has 0 radical (unpaired) electrons. The van der Waals surface area contributed by atoms with Crippen molar-refractivity contribution in [1.82, 2.24) is 0 Å². The van der Waals surface area contributed by atoms with Crippen LogP contribution in [0, 0.1) is 17.8 Å². The predicted octanol–water partition coefficient (Wildman–Crippen LogP) is 23.7. The van der Waals surface area contributed by atoms with Gasteiger partial charge in [-0.05, 0) is 43.4 Å². The van der Waals surface area contributed by atoms with E-state index in [0.717, 1.165) is 120 Å². The zero-order valence-corrected chi connectivity index (χ0v) is 66.8. The molecule has 0 aromatic rings. The maximum absolute atomic E-state index is 13.1. The highest BCUT2D eigenvalue weighted by molar-refractivity contribution is 7.47. The number of rotatable bonds is 78. The number of unbranched alkanes of at least 4 members (excludes halogenated alkanes) is 45. The molecule has 99 heavy (non-hydrogen) atoms. The van der Waals surface area contributed by atoms with Crippen LogP contribution in [0.4, 0.5) is 0 Å². The van der Waals surface area contributed by atoms with Gasteiger partial charge in [-0.3, -0.25) is 37.3 Å². The highest BCUT2D eigenvalue weighted by Crippen LogP contribution is 2.45. The Labute approximate surface area is 607 Å². The molecule has 0 rings (SSSR count). The number of esters is 4. The third-order valence-corrected chi connectivity index (χ3v) is 20.9. The summed E-state index contributed by atoms with van der Waals surface area (Å²) in [7, 11) is -9.91. The first-order chi connectivity index (χ1) is 47.8. The van der Waals surface area contributed by atoms with Gasteiger partial charge in [0.25, 0.3) is 0 Å². The second-order valence-corrected chi connectivity index (χ2v) is 32.9. The van der Waals surface area contributed by atoms with Crippen molar-refractivity contribution in [3.05, 3.63) is 0 Å². The highest BCUT2D eigenvalue weighted by atomic mass is 31.2. The van der Waals surface area contributed by atoms with E-state index in [1.54, 1.807) is 0 Å². The van der Waals surface area contributed by atoms with Crippen LogP contribution in [-0.2, 0) is 65.4 Å². The predicted molar refractivity (Wildman–Crippen MR) is 405 cm³/mol. The van der Waals surface area contributed by atoms with Gasteiger partial charge in [0.05, 0.1) is 26.4 Å². The van der Waals surface area contributed by atoms with Crippen LogP contribution in [0.15, 0.2) is 0 Å². The Kier molecular flexibility index (Phi) is 69.0. The molecule has 0 aliphatic rings. The molecular formula is C80H156O17P2. The molecule has 0 bridgehead atoms. The lowest BCUT2D eigenvalue weighted by Gasteiger charge is -2.21. The maximum Gasteiger partial charge on any atom is 0.472 e. The monoisotopic (exact) mass is 1450 g/mol. The number of phosphoric acid groups is 2. The Bertz CT molecular complexity index is 1920. The summed E-state index contributed by atoms with van der Waals surface area (Å²) in [5.74, 6) is 0.306. The van der Waals surface area contributed by atoms with Gasteiger partial charge >= 0.3 is 39.5 Å². The van der Waals surface area contributed by atoms with Crippen molar-refractivity contribution in [3.8, 4) is 0 Å². The molecule has 17 nitrogen and oxygen atoms in total. The summed E-state index contributed by atoms with van der Waals surface area (Å²) in [5.41, 5.74) is 0. The van der Waals surface area contributed by atoms with Crippen molar-refractivity contribution in [1.29, 1.82) is 0 Å². The molecule has 0 heterocycles. The van der Waals surface area contributed by atoms with Crippen LogP contribution in [0.5, 0.6) is 0 Å². The fourth-order valence-corrected chi connectivity index (χ4v) is 13.9. The minimum absolute atomic E-state index is 0.106. The maximum atomic E-state index is 13.1. The Balaban J connectivity index is 5.18. The number of carbonyl (C=O) groups is 4. The zero-order chi connectivity index (χ0) is 73.0. The molecule has 0 aromatic carbocycles. The van der Waals surface area contributed by atoms with Crippen molar-refractivity contribution >= 4 is 39.5 Å². The third-order valence-electron chi connectivity index (χ3n) is 19.0. The van der Waals surface area contributed by atoms with Crippen LogP contribution in [0.2, 0.25) is 0 Å². The lowest BCUT2D eigenvalue weighted by atomic mass is 9.99. The van der Waals surface area contributed by atoms with E-state index in [2.05, 4.69) is 48.5 Å². The van der Waals surface area contributed by atoms with Crippen LogP contribution >= 0.6 is 15.6 Å². The van der Waals surface area contributed by atoms with E-state index < -0.39 is 97.5 Å². The summed E-state index contributed by atoms with van der Waals surface area (Å²) in [5, 5.41) is 10.6. The van der Waals surface area contributed by atoms with Gasteiger partial charge in [0.2, 0.25) is 0 Å². The lowest BCUT2D eigenvalue weighted by Crippen LogP contribution is -2.30. The first kappa shape index (κ1) is 97.1. The van der Waals surface area contributed by atoms with E-state index >= 15 is 0 Å². The van der Waals surface area contributed by atoms with Gasteiger partial charge in [-0.1, -0.05) is 363 Å². The van der Waals surface area contributed by atoms with Gasteiger partial charge in [-0.15, -0.1) is 0 Å². The number of aliphatic hydroxyl groups is 1. The molecule has 0 spiro atoms. The second-order valence-electron chi connectivity index (χ2n) is 30.0. The number of hydrogen-bond donors (Lipinski definition) is 3. The van der Waals surface area contributed by atoms with E-state index in [9.17, 15) is 43.2 Å². The standard InChI is InChI=1S/C80H156O17P2/c1-8-10-11-12-37-47-54-61-77(82)90-67-75(96-80(85)64-57-50-43-36-30-29-33-40-46-53-60-73(7)9-2)69-94-98(86,87)92-65-74(81)66-93-99(88,89)95-70-76(68-91-78(83)62-55-48-41-34-27-23-20-19-22-26-32-39-45-52-59-72(5)6)97-79(84)63-56-49-42-35-28-24-18-16-14-13-15-17-21-25-31-38-44-51-58-71(3)4/h71-76,81H,8-70H2,1-7H3,(H,86,87)(H,88,89)/t73?,74-,75+,76+/m0/s1. The second kappa shape index (κ2) is 70.4. The van der Waals surface area contributed by atoms with Crippen molar-refractivity contribution in [2.24, 2.45) is 17.8 Å². The quantitative estimate of drug-likeness (QED) is 0.0222. The first-order valence-corrected chi connectivity index (χ1v) is 44.4. The molecule has 0 aliphatic carbocycles. The molecule has 6 atom stereocenters. The summed E-state index contributed by atoms with van der Waals surface area (Å²) < 4.78 is 68.6. The van der Waals surface area contributed by atoms with E-state index in [-0.39, 0.29) is 25.7 Å². The van der Waals surface area contributed by atoms with E-state index in [4.69, 9.17) is 37.0 Å². The van der Waals surface area contributed by atoms with Crippen molar-refractivity contribution in [2.75, 3.05) is 39.6 Å². The Morgan fingerprint density at radius 2 is 0.515 bits per heavy atom. The summed E-state index contributed by atoms with van der Waals surface area (Å²) in [6.07, 6.45) is 58.4. The minimum atomic E-state index is -4.96. The zero-order valence-electron chi connectivity index (χ0n) is 65.0. The number of phosphoric ester groups is 2. The summed E-state index contributed by atoms with van der Waals surface area (Å²) in [4.78, 5) is 72.8. The molecule has 0 saturated heterocycles. The molecule has 19 heteroatoms. The number of ether oxygens (including phenoxy) is 4. The molecule has 0 aromatic heterocycles. The average molecular weight is 1450 g/mol. The van der Waals surface area contributed by atoms with Gasteiger partial charge in [0.15, 0.2) is 12.2 Å². The molecule has 588 valence electrons. The number of carbonyl (C=O) groups excluding carboxylic acids is 4. The fourth-order valence-electron chi connectivity index (χ4n) is 12.3. The van der Waals surface area contributed by atoms with Crippen LogP contribution < -0.4 is 0 Å². The summed E-state index contributed by atoms with van der Waals surface area (Å²) >= 11 is 0. The average Bonchev–Trinajstić information content (AvgIpc) is 1.25. The van der Waals surface area contributed by atoms with Crippen LogP contribution in [-0.4, -0.2) is 96.7 Å². The smallest absolute Gasteiger partial charge is 0.462 e. The van der Waals surface area contributed by atoms with Gasteiger partial charge < -0.3 is 33.8 Å². The summed E-state index contributed by atoms with van der Waals surface area (Å²) in [6.45, 7) is 12.0. The van der Waals surface area contributed by atoms with E-state index in [1.807, 2.05) is 0 Å². The van der Waals surface area contributed by atoms with Crippen molar-refractivity contribution in [3.63, 3.8) is 0 Å². The topological polar surface area (TPSA) is 237 Å². The number of hydrogen-bond acceptors (Lipinski definition) is 15. The third kappa shape index (κ3) is 72.8. The molecule has 3 N–H and O–H groups in total. The molecule has 0 aliphatic heterocycles. The van der Waals surface area contributed by atoms with Crippen molar-refractivity contribution < 1.29 is 80.2 Å². The van der Waals surface area contributed by atoms with E-state index in [0.29, 0.717) is 25.7 Å². The Morgan fingerprint density at radius 3 is 0.768 bits per heavy atom. The van der Waals surface area contributed by atoms with Crippen LogP contribution in [0.3, 0.4) is 0 Å². The lowest BCUT2D eigenvalue weighted by molar-refractivity contribution is -0.161. The molecule has 3 unspecified atom stereocenters. The number of aliphatic hydroxyl groups excluding tert-OH is 1. The SMILES string of the molecule is CCCCCCCCCC(=O)OC[C@H](COP(=O)(O)OC[C@H](O)COP(=O)(O)OC[C@@H](COC(=O)CCCCCCCCCCCCCCCCC(C)C)OC(=O)CCCCCCCCCCCCCCCCCCCCC(C)C)OC(=O)CCCCCCCCCCCCC(C)CC. The largest absolute Gasteiger partial charge is 0.472 e. The normalized spacial score (nSPS) is 14.3. The molecular weight excluding hydrogens is 1290 g/mol. The fraction of sp³-hybridized carbons (Fsp3) is 0.950. The van der Waals surface area contributed by atoms with Crippen molar-refractivity contribution in [2.45, 2.75) is 433 Å². The molecule has 0 amide bonds. The highest BCUT2D eigenvalue weighted by Gasteiger charge is 2.30. The van der Waals surface area contributed by atoms with Gasteiger partial charge in [0, 0.05) is 25.7 Å². The molecule has 0 saturated carbocycles. The summed E-state index contributed by atoms with van der Waals surface area (Å²) in [6, 6.07) is 0. The van der Waals surface area contributed by atoms with E-state index in [1.165, 1.54) is 212 Å². The van der Waals surface area contributed by atoms with Gasteiger partial charge in [0.1, 0.15) is 19.3 Å². The van der Waals surface area contributed by atoms with Crippen LogP contribution in [0.1, 0.15) is 414 Å². The van der Waals surface area contributed by atoms with Crippen LogP contribution in [0.25, 0.3) is 0 Å². The Morgan fingerprint density at radius 1 is 0.293 bits per heavy atom. The molecule has 0 fully saturated rings.